The molecule has 2 aromatic rings. The predicted octanol–water partition coefficient (Wildman–Crippen LogP) is 4.06. The Morgan fingerprint density at radius 3 is 2.14 bits per heavy atom. The Kier molecular flexibility index (Phi) is 4.59. The van der Waals surface area contributed by atoms with E-state index in [-0.39, 0.29) is 0 Å². The third-order valence-corrected chi connectivity index (χ3v) is 3.44. The van der Waals surface area contributed by atoms with E-state index < -0.39 is 0 Å². The summed E-state index contributed by atoms with van der Waals surface area (Å²) in [7, 11) is 1.61. The lowest BCUT2D eigenvalue weighted by molar-refractivity contribution is 0.415. The van der Waals surface area contributed by atoms with E-state index in [9.17, 15) is 10.5 Å². The molecule has 2 aromatic carbocycles. The van der Waals surface area contributed by atoms with Gasteiger partial charge in [0.1, 0.15) is 17.9 Å². The van der Waals surface area contributed by atoms with Gasteiger partial charge in [0.25, 0.3) is 0 Å². The van der Waals surface area contributed by atoms with Crippen molar-refractivity contribution in [2.24, 2.45) is 0 Å². The zero-order valence-electron chi connectivity index (χ0n) is 12.2. The highest BCUT2D eigenvalue weighted by molar-refractivity contribution is 5.75. The van der Waals surface area contributed by atoms with Crippen LogP contribution in [-0.2, 0) is 6.42 Å². The lowest BCUT2D eigenvalue weighted by Gasteiger charge is -2.10. The molecule has 0 fully saturated rings. The number of rotatable bonds is 4. The third kappa shape index (κ3) is 2.88. The molecule has 2 rings (SSSR count). The maximum Gasteiger partial charge on any atom is 0.118 e. The van der Waals surface area contributed by atoms with Crippen molar-refractivity contribution in [3.05, 3.63) is 53.1 Å². The van der Waals surface area contributed by atoms with Crippen LogP contribution in [0.3, 0.4) is 0 Å². The second-order valence-corrected chi connectivity index (χ2v) is 4.72. The molecule has 0 heterocycles. The number of hydrogen-bond donors (Lipinski definition) is 0. The van der Waals surface area contributed by atoms with E-state index in [2.05, 4.69) is 19.1 Å². The first-order valence-electron chi connectivity index (χ1n) is 6.85. The number of methoxy groups -OCH3 is 1. The number of nitrogens with zero attached hydrogens (tertiary/aromatic N) is 2. The predicted molar refractivity (Wildman–Crippen MR) is 81.9 cm³/mol. The molecule has 0 atom stereocenters. The zero-order valence-corrected chi connectivity index (χ0v) is 12.2. The van der Waals surface area contributed by atoms with Crippen LogP contribution in [0.1, 0.15) is 30.0 Å². The van der Waals surface area contributed by atoms with Crippen molar-refractivity contribution in [2.45, 2.75) is 19.8 Å². The molecule has 0 spiro atoms. The number of ether oxygens (including phenoxy) is 1. The van der Waals surface area contributed by atoms with Crippen LogP contribution in [0.25, 0.3) is 11.1 Å². The molecule has 0 N–H and O–H groups in total. The Labute approximate surface area is 125 Å². The minimum absolute atomic E-state index is 0.452. The fourth-order valence-corrected chi connectivity index (χ4v) is 2.38. The lowest BCUT2D eigenvalue weighted by atomic mass is 9.91. The molecule has 0 radical (unpaired) electrons. The maximum absolute atomic E-state index is 9.46. The van der Waals surface area contributed by atoms with Gasteiger partial charge in [-0.05, 0) is 29.7 Å². The molecule has 3 heteroatoms. The average molecular weight is 276 g/mol. The summed E-state index contributed by atoms with van der Waals surface area (Å²) >= 11 is 0. The molecular formula is C18H16N2O. The van der Waals surface area contributed by atoms with E-state index in [4.69, 9.17) is 4.74 Å². The maximum atomic E-state index is 9.46. The van der Waals surface area contributed by atoms with Crippen molar-refractivity contribution in [3.63, 3.8) is 0 Å². The van der Waals surface area contributed by atoms with Crippen LogP contribution < -0.4 is 4.74 Å². The summed E-state index contributed by atoms with van der Waals surface area (Å²) in [5, 5.41) is 18.8. The zero-order chi connectivity index (χ0) is 15.2. The van der Waals surface area contributed by atoms with Gasteiger partial charge in [-0.1, -0.05) is 37.6 Å². The third-order valence-electron chi connectivity index (χ3n) is 3.44. The van der Waals surface area contributed by atoms with Crippen molar-refractivity contribution in [3.8, 4) is 29.0 Å². The van der Waals surface area contributed by atoms with Gasteiger partial charge in [-0.2, -0.15) is 10.5 Å². The van der Waals surface area contributed by atoms with E-state index >= 15 is 0 Å². The van der Waals surface area contributed by atoms with Gasteiger partial charge in [-0.15, -0.1) is 0 Å². The molecule has 0 aromatic heterocycles. The largest absolute Gasteiger partial charge is 0.497 e. The molecule has 0 saturated heterocycles. The summed E-state index contributed by atoms with van der Waals surface area (Å²) < 4.78 is 5.14. The normalized spacial score (nSPS) is 9.71. The Morgan fingerprint density at radius 2 is 1.62 bits per heavy atom. The summed E-state index contributed by atoms with van der Waals surface area (Å²) in [6, 6.07) is 15.7. The van der Waals surface area contributed by atoms with Crippen LogP contribution in [0.4, 0.5) is 0 Å². The monoisotopic (exact) mass is 276 g/mol. The molecule has 3 nitrogen and oxygen atoms in total. The highest BCUT2D eigenvalue weighted by Gasteiger charge is 2.14. The fraction of sp³-hybridized carbons (Fsp3) is 0.222. The van der Waals surface area contributed by atoms with Crippen LogP contribution in [0.2, 0.25) is 0 Å². The number of nitriles is 2. The van der Waals surface area contributed by atoms with E-state index in [1.165, 1.54) is 0 Å². The highest BCUT2D eigenvalue weighted by Crippen LogP contribution is 2.29. The van der Waals surface area contributed by atoms with Crippen LogP contribution >= 0.6 is 0 Å². The van der Waals surface area contributed by atoms with Gasteiger partial charge < -0.3 is 4.74 Å². The van der Waals surface area contributed by atoms with E-state index in [0.29, 0.717) is 11.1 Å². The molecule has 0 saturated carbocycles. The van der Waals surface area contributed by atoms with Crippen molar-refractivity contribution in [1.29, 1.82) is 10.5 Å². The molecule has 0 bridgehead atoms. The molecule has 21 heavy (non-hydrogen) atoms. The van der Waals surface area contributed by atoms with Gasteiger partial charge in [0, 0.05) is 5.56 Å². The smallest absolute Gasteiger partial charge is 0.118 e. The minimum atomic E-state index is 0.452. The van der Waals surface area contributed by atoms with Gasteiger partial charge in [-0.25, -0.2) is 0 Å². The van der Waals surface area contributed by atoms with Crippen LogP contribution in [0.15, 0.2) is 36.4 Å². The highest BCUT2D eigenvalue weighted by atomic mass is 16.5. The summed E-state index contributed by atoms with van der Waals surface area (Å²) in [5.74, 6) is 0.764. The van der Waals surface area contributed by atoms with Crippen molar-refractivity contribution >= 4 is 0 Å². The van der Waals surface area contributed by atoms with Gasteiger partial charge in [0.2, 0.25) is 0 Å². The minimum Gasteiger partial charge on any atom is -0.497 e. The summed E-state index contributed by atoms with van der Waals surface area (Å²) in [5.41, 5.74) is 3.58. The average Bonchev–Trinajstić information content (AvgIpc) is 2.54. The van der Waals surface area contributed by atoms with Crippen LogP contribution in [0, 0.1) is 22.7 Å². The van der Waals surface area contributed by atoms with Gasteiger partial charge in [0.05, 0.1) is 18.2 Å². The topological polar surface area (TPSA) is 56.8 Å². The number of hydrogen-bond acceptors (Lipinski definition) is 3. The summed E-state index contributed by atoms with van der Waals surface area (Å²) in [6.45, 7) is 2.06. The summed E-state index contributed by atoms with van der Waals surface area (Å²) in [4.78, 5) is 0. The number of aryl methyl sites for hydroxylation is 1. The molecule has 0 aliphatic heterocycles. The van der Waals surface area contributed by atoms with E-state index in [0.717, 1.165) is 35.3 Å². The lowest BCUT2D eigenvalue weighted by Crippen LogP contribution is -1.97. The SMILES string of the molecule is CCCc1ccc(-c2ccc(OC)cc2)c(C#N)c1C#N. The number of benzene rings is 2. The molecule has 0 amide bonds. The van der Waals surface area contributed by atoms with Crippen LogP contribution in [-0.4, -0.2) is 7.11 Å². The van der Waals surface area contributed by atoms with E-state index in [1.54, 1.807) is 7.11 Å². The van der Waals surface area contributed by atoms with Crippen molar-refractivity contribution in [2.75, 3.05) is 7.11 Å². The molecule has 0 aliphatic rings. The second kappa shape index (κ2) is 6.59. The Balaban J connectivity index is 2.59. The van der Waals surface area contributed by atoms with Crippen LogP contribution in [0.5, 0.6) is 5.75 Å². The second-order valence-electron chi connectivity index (χ2n) is 4.72. The first kappa shape index (κ1) is 14.6. The molecular weight excluding hydrogens is 260 g/mol. The molecule has 0 aliphatic carbocycles. The van der Waals surface area contributed by atoms with E-state index in [1.807, 2.05) is 36.4 Å². The molecule has 0 unspecified atom stereocenters. The Bertz CT molecular complexity index is 719. The first-order valence-corrected chi connectivity index (χ1v) is 6.85. The van der Waals surface area contributed by atoms with Crippen molar-refractivity contribution in [1.82, 2.24) is 0 Å². The standard InChI is InChI=1S/C18H16N2O/c1-3-4-13-7-10-16(18(12-20)17(13)11-19)14-5-8-15(21-2)9-6-14/h5-10H,3-4H2,1-2H3. The first-order chi connectivity index (χ1) is 10.2. The van der Waals surface area contributed by atoms with Crippen molar-refractivity contribution < 1.29 is 4.74 Å². The Morgan fingerprint density at radius 1 is 0.952 bits per heavy atom. The van der Waals surface area contributed by atoms with Gasteiger partial charge in [0.15, 0.2) is 0 Å². The Hall–Kier alpha value is -2.78. The summed E-state index contributed by atoms with van der Waals surface area (Å²) in [6.07, 6.45) is 1.75. The quantitative estimate of drug-likeness (QED) is 0.846. The van der Waals surface area contributed by atoms with Gasteiger partial charge in [-0.3, -0.25) is 0 Å². The van der Waals surface area contributed by atoms with Gasteiger partial charge >= 0.3 is 0 Å². The fourth-order valence-electron chi connectivity index (χ4n) is 2.38. The molecule has 104 valence electrons.